The first kappa shape index (κ1) is 12.4. The Hall–Kier alpha value is -3.20. The molecule has 5 aromatic carbocycles. The van der Waals surface area contributed by atoms with Gasteiger partial charge in [-0.3, -0.25) is 9.59 Å². The van der Waals surface area contributed by atoms with Crippen LogP contribution in [-0.4, -0.2) is 16.7 Å². The molecule has 6 rings (SSSR count). The molecular formula is C20H10O3. The second-order valence-electron chi connectivity index (χ2n) is 5.84. The van der Waals surface area contributed by atoms with Crippen LogP contribution >= 0.6 is 0 Å². The van der Waals surface area contributed by atoms with E-state index >= 15 is 0 Å². The third-order valence-electron chi connectivity index (χ3n) is 4.65. The van der Waals surface area contributed by atoms with Crippen molar-refractivity contribution < 1.29 is 14.7 Å². The molecular weight excluding hydrogens is 288 g/mol. The van der Waals surface area contributed by atoms with E-state index < -0.39 is 0 Å². The number of benzene rings is 5. The first-order chi connectivity index (χ1) is 11.2. The fraction of sp³-hybridized carbons (Fsp3) is 0. The van der Waals surface area contributed by atoms with Gasteiger partial charge in [0, 0.05) is 16.5 Å². The smallest absolute Gasteiger partial charge is 0.187 e. The molecule has 5 aromatic rings. The van der Waals surface area contributed by atoms with Gasteiger partial charge in [-0.2, -0.15) is 0 Å². The van der Waals surface area contributed by atoms with Crippen LogP contribution in [0, 0.1) is 0 Å². The minimum absolute atomic E-state index is 0.0537. The summed E-state index contributed by atoms with van der Waals surface area (Å²) >= 11 is 0. The van der Waals surface area contributed by atoms with Gasteiger partial charge in [0.25, 0.3) is 0 Å². The van der Waals surface area contributed by atoms with Crippen molar-refractivity contribution in [1.82, 2.24) is 0 Å². The normalized spacial score (nSPS) is 14.3. The fourth-order valence-electron chi connectivity index (χ4n) is 3.73. The molecule has 3 nitrogen and oxygen atoms in total. The number of hydrogen-bond donors (Lipinski definition) is 1. The van der Waals surface area contributed by atoms with Crippen LogP contribution in [0.4, 0.5) is 0 Å². The fourth-order valence-corrected chi connectivity index (χ4v) is 3.73. The quantitative estimate of drug-likeness (QED) is 0.494. The molecule has 0 saturated carbocycles. The van der Waals surface area contributed by atoms with Crippen molar-refractivity contribution in [3.63, 3.8) is 0 Å². The van der Waals surface area contributed by atoms with Crippen LogP contribution in [0.1, 0.15) is 20.7 Å². The van der Waals surface area contributed by atoms with Crippen LogP contribution in [0.2, 0.25) is 0 Å². The highest BCUT2D eigenvalue weighted by atomic mass is 16.3. The molecule has 1 aliphatic carbocycles. The molecule has 0 radical (unpaired) electrons. The van der Waals surface area contributed by atoms with Crippen LogP contribution in [0.25, 0.3) is 32.3 Å². The summed E-state index contributed by atoms with van der Waals surface area (Å²) in [5.41, 5.74) is 0.740. The third kappa shape index (κ3) is 1.39. The molecule has 0 aromatic heterocycles. The Morgan fingerprint density at radius 2 is 1.43 bits per heavy atom. The summed E-state index contributed by atoms with van der Waals surface area (Å²) in [6.07, 6.45) is 2.59. The Kier molecular flexibility index (Phi) is 2.13. The highest BCUT2D eigenvalue weighted by Crippen LogP contribution is 2.45. The van der Waals surface area contributed by atoms with E-state index in [1.54, 1.807) is 6.07 Å². The Morgan fingerprint density at radius 3 is 2.26 bits per heavy atom. The van der Waals surface area contributed by atoms with E-state index in [2.05, 4.69) is 0 Å². The van der Waals surface area contributed by atoms with Gasteiger partial charge in [0.1, 0.15) is 5.75 Å². The average molecular weight is 298 g/mol. The van der Waals surface area contributed by atoms with Crippen molar-refractivity contribution in [2.45, 2.75) is 0 Å². The SMILES string of the molecule is O=C1C=CC(=O)c2c1c1cc(O)c2c2ccc3ccccc3c12. The van der Waals surface area contributed by atoms with Crippen LogP contribution in [0.5, 0.6) is 5.75 Å². The van der Waals surface area contributed by atoms with Gasteiger partial charge in [-0.25, -0.2) is 0 Å². The maximum Gasteiger partial charge on any atom is 0.187 e. The van der Waals surface area contributed by atoms with E-state index in [4.69, 9.17) is 0 Å². The van der Waals surface area contributed by atoms with E-state index in [1.165, 1.54) is 12.2 Å². The van der Waals surface area contributed by atoms with Gasteiger partial charge in [-0.15, -0.1) is 0 Å². The number of phenols is 2. The summed E-state index contributed by atoms with van der Waals surface area (Å²) in [6.45, 7) is 0. The molecule has 0 aliphatic heterocycles. The number of rotatable bonds is 0. The predicted molar refractivity (Wildman–Crippen MR) is 89.6 cm³/mol. The highest BCUT2D eigenvalue weighted by molar-refractivity contribution is 6.38. The number of carbonyl (C=O) groups is 2. The molecule has 0 amide bonds. The molecule has 0 fully saturated rings. The Bertz CT molecular complexity index is 1200. The first-order valence-electron chi connectivity index (χ1n) is 7.36. The van der Waals surface area contributed by atoms with Gasteiger partial charge in [-0.05, 0) is 45.1 Å². The Morgan fingerprint density at radius 1 is 0.696 bits per heavy atom. The molecule has 2 bridgehead atoms. The van der Waals surface area contributed by atoms with Gasteiger partial charge < -0.3 is 5.11 Å². The molecule has 0 heterocycles. The molecule has 0 spiro atoms. The number of fused-ring (bicyclic) bond motifs is 2. The summed E-state index contributed by atoms with van der Waals surface area (Å²) < 4.78 is 0. The minimum atomic E-state index is -0.231. The third-order valence-corrected chi connectivity index (χ3v) is 4.65. The van der Waals surface area contributed by atoms with Gasteiger partial charge >= 0.3 is 0 Å². The number of aromatic hydroxyl groups is 1. The van der Waals surface area contributed by atoms with Crippen molar-refractivity contribution in [3.05, 3.63) is 65.7 Å². The van der Waals surface area contributed by atoms with Crippen molar-refractivity contribution in [2.24, 2.45) is 0 Å². The topological polar surface area (TPSA) is 54.4 Å². The number of ketones is 2. The van der Waals surface area contributed by atoms with E-state index in [9.17, 15) is 14.7 Å². The van der Waals surface area contributed by atoms with E-state index in [0.29, 0.717) is 21.9 Å². The van der Waals surface area contributed by atoms with Gasteiger partial charge in [0.05, 0.1) is 0 Å². The lowest BCUT2D eigenvalue weighted by atomic mass is 9.81. The highest BCUT2D eigenvalue weighted by Gasteiger charge is 2.29. The molecule has 0 saturated heterocycles. The van der Waals surface area contributed by atoms with Gasteiger partial charge in [0.2, 0.25) is 0 Å². The summed E-state index contributed by atoms with van der Waals surface area (Å²) in [5.74, 6) is -0.363. The van der Waals surface area contributed by atoms with E-state index in [0.717, 1.165) is 21.5 Å². The number of hydrogen-bond acceptors (Lipinski definition) is 3. The molecule has 0 atom stereocenters. The van der Waals surface area contributed by atoms with E-state index in [-0.39, 0.29) is 17.3 Å². The Balaban J connectivity index is 2.16. The second-order valence-corrected chi connectivity index (χ2v) is 5.84. The van der Waals surface area contributed by atoms with Crippen LogP contribution < -0.4 is 0 Å². The zero-order valence-electron chi connectivity index (χ0n) is 12.0. The second kappa shape index (κ2) is 3.96. The maximum absolute atomic E-state index is 12.4. The largest absolute Gasteiger partial charge is 0.507 e. The number of allylic oxidation sites excluding steroid dienone is 2. The van der Waals surface area contributed by atoms with Crippen molar-refractivity contribution >= 4 is 43.9 Å². The molecule has 108 valence electrons. The lowest BCUT2D eigenvalue weighted by Crippen LogP contribution is -2.14. The van der Waals surface area contributed by atoms with Crippen molar-refractivity contribution in [1.29, 1.82) is 0 Å². The molecule has 0 unspecified atom stereocenters. The molecule has 23 heavy (non-hydrogen) atoms. The lowest BCUT2D eigenvalue weighted by Gasteiger charge is -2.20. The van der Waals surface area contributed by atoms with Crippen LogP contribution in [0.3, 0.4) is 0 Å². The predicted octanol–water partition coefficient (Wildman–Crippen LogP) is 4.22. The minimum Gasteiger partial charge on any atom is -0.507 e. The molecule has 1 N–H and O–H groups in total. The summed E-state index contributed by atoms with van der Waals surface area (Å²) in [6, 6.07) is 13.4. The monoisotopic (exact) mass is 298 g/mol. The number of carbonyl (C=O) groups excluding carboxylic acids is 2. The molecule has 3 heteroatoms. The number of phenolic OH excluding ortho intramolecular Hbond substituents is 1. The maximum atomic E-state index is 12.4. The Labute approximate surface area is 130 Å². The summed E-state index contributed by atoms with van der Waals surface area (Å²) in [7, 11) is 0. The van der Waals surface area contributed by atoms with Gasteiger partial charge in [-0.1, -0.05) is 36.4 Å². The summed E-state index contributed by atoms with van der Waals surface area (Å²) in [4.78, 5) is 24.7. The zero-order chi connectivity index (χ0) is 15.7. The van der Waals surface area contributed by atoms with Crippen molar-refractivity contribution in [3.8, 4) is 5.75 Å². The first-order valence-corrected chi connectivity index (χ1v) is 7.36. The van der Waals surface area contributed by atoms with E-state index in [1.807, 2.05) is 36.4 Å². The zero-order valence-corrected chi connectivity index (χ0v) is 12.0. The lowest BCUT2D eigenvalue weighted by molar-refractivity contribution is 0.0996. The van der Waals surface area contributed by atoms with Crippen LogP contribution in [0.15, 0.2) is 54.6 Å². The standard InChI is InChI=1S/C20H10O3/c21-14-7-8-15(22)20-18-12-6-5-10-3-1-2-4-11(10)17(12)13(19(14)20)9-16(18)23/h1-9,23H. The average Bonchev–Trinajstić information content (AvgIpc) is 2.57. The molecule has 1 aliphatic rings. The summed E-state index contributed by atoms with van der Waals surface area (Å²) in [5, 5.41) is 15.3. The van der Waals surface area contributed by atoms with Gasteiger partial charge in [0.15, 0.2) is 11.6 Å². The van der Waals surface area contributed by atoms with Crippen LogP contribution in [-0.2, 0) is 0 Å². The van der Waals surface area contributed by atoms with Crippen molar-refractivity contribution in [2.75, 3.05) is 0 Å².